The highest BCUT2D eigenvalue weighted by molar-refractivity contribution is 8.26. The van der Waals surface area contributed by atoms with E-state index in [2.05, 4.69) is 49.8 Å². The van der Waals surface area contributed by atoms with Crippen molar-refractivity contribution in [3.05, 3.63) is 0 Å². The first-order chi connectivity index (χ1) is 17.6. The van der Waals surface area contributed by atoms with Crippen molar-refractivity contribution in [1.29, 1.82) is 0 Å². The summed E-state index contributed by atoms with van der Waals surface area (Å²) in [7, 11) is 7.36. The highest BCUT2D eigenvalue weighted by Gasteiger charge is 2.11. The molecule has 0 unspecified atom stereocenters. The quantitative estimate of drug-likeness (QED) is 0.114. The van der Waals surface area contributed by atoms with Gasteiger partial charge in [0.2, 0.25) is 9.23 Å². The Labute approximate surface area is 233 Å². The van der Waals surface area contributed by atoms with Crippen molar-refractivity contribution < 1.29 is 81.2 Å². The predicted molar refractivity (Wildman–Crippen MR) is 122 cm³/mol. The minimum atomic E-state index is -1.67. The molecule has 2 N–H and O–H groups in total. The Morgan fingerprint density at radius 2 is 0.711 bits per heavy atom. The summed E-state index contributed by atoms with van der Waals surface area (Å²) in [5.41, 5.74) is 0. The number of hydrogen-bond donors (Lipinski definition) is 2. The molecule has 0 saturated carbocycles. The van der Waals surface area contributed by atoms with Crippen molar-refractivity contribution in [2.24, 2.45) is 0 Å². The number of carboxylic acids is 2. The molecular weight excluding hydrogens is 638 g/mol. The van der Waals surface area contributed by atoms with Gasteiger partial charge in [0, 0.05) is 21.4 Å². The van der Waals surface area contributed by atoms with Crippen molar-refractivity contribution in [3.63, 3.8) is 0 Å². The van der Waals surface area contributed by atoms with Crippen molar-refractivity contribution in [2.75, 3.05) is 52.9 Å². The summed E-state index contributed by atoms with van der Waals surface area (Å²) in [5.74, 6) is -6.28. The number of esters is 4. The maximum atomic E-state index is 10.8. The zero-order valence-electron chi connectivity index (χ0n) is 18.6. The summed E-state index contributed by atoms with van der Waals surface area (Å²) in [4.78, 5) is 83.5. The second kappa shape index (κ2) is 26.0. The Bertz CT molecular complexity index is 724. The first kappa shape index (κ1) is 39.9. The minimum absolute atomic E-state index is 0.548. The molecule has 0 spiro atoms. The van der Waals surface area contributed by atoms with Crippen LogP contribution >= 0.6 is 44.6 Å². The van der Waals surface area contributed by atoms with E-state index < -0.39 is 108 Å². The van der Waals surface area contributed by atoms with Gasteiger partial charge < -0.3 is 38.6 Å². The molecule has 0 radical (unpaired) electrons. The molecule has 0 aliphatic carbocycles. The predicted octanol–water partition coefficient (Wildman–Crippen LogP) is -1.08. The lowest BCUT2D eigenvalue weighted by atomic mass is 10.6. The van der Waals surface area contributed by atoms with Crippen LogP contribution in [0.2, 0.25) is 0 Å². The molecular formula is C16H18Cl4O17S. The van der Waals surface area contributed by atoms with Gasteiger partial charge in [-0.05, 0) is 23.2 Å². The van der Waals surface area contributed by atoms with E-state index in [9.17, 15) is 38.4 Å². The van der Waals surface area contributed by atoms with E-state index in [0.29, 0.717) is 0 Å². The molecule has 0 aliphatic rings. The van der Waals surface area contributed by atoms with Gasteiger partial charge >= 0.3 is 35.8 Å². The second-order valence-electron chi connectivity index (χ2n) is 5.31. The highest BCUT2D eigenvalue weighted by atomic mass is 36.0. The van der Waals surface area contributed by atoms with Gasteiger partial charge in [-0.25, -0.2) is 33.0 Å². The van der Waals surface area contributed by atoms with Gasteiger partial charge in [0.1, 0.15) is 26.4 Å². The van der Waals surface area contributed by atoms with Crippen molar-refractivity contribution >= 4 is 100 Å². The molecule has 17 nitrogen and oxygen atoms in total. The summed E-state index contributed by atoms with van der Waals surface area (Å²) in [6.45, 7) is -5.10. The number of carboxylic acid groups (broad SMARTS) is 2. The van der Waals surface area contributed by atoms with Gasteiger partial charge in [0.15, 0.2) is 26.4 Å². The van der Waals surface area contributed by atoms with Crippen molar-refractivity contribution in [2.45, 2.75) is 0 Å². The molecule has 0 fully saturated rings. The van der Waals surface area contributed by atoms with Crippen LogP contribution < -0.4 is 0 Å². The first-order valence-electron chi connectivity index (χ1n) is 8.89. The molecule has 0 rings (SSSR count). The number of carbonyl (C=O) groups is 8. The van der Waals surface area contributed by atoms with Crippen molar-refractivity contribution in [3.8, 4) is 0 Å². The summed E-state index contributed by atoms with van der Waals surface area (Å²) in [6.07, 6.45) is 0. The third-order valence-electron chi connectivity index (χ3n) is 2.29. The molecule has 0 heterocycles. The monoisotopic (exact) mass is 654 g/mol. The van der Waals surface area contributed by atoms with Crippen LogP contribution in [0.5, 0.6) is 0 Å². The topological polar surface area (TPSA) is 249 Å². The summed E-state index contributed by atoms with van der Waals surface area (Å²) < 4.78 is 35.1. The fourth-order valence-corrected chi connectivity index (χ4v) is 1.27. The van der Waals surface area contributed by atoms with E-state index in [0.717, 1.165) is 0 Å². The Morgan fingerprint density at radius 3 is 0.895 bits per heavy atom. The summed E-state index contributed by atoms with van der Waals surface area (Å²) in [6, 6.07) is 0. The van der Waals surface area contributed by atoms with Crippen LogP contribution in [0.25, 0.3) is 0 Å². The van der Waals surface area contributed by atoms with Crippen LogP contribution in [0.1, 0.15) is 0 Å². The average molecular weight is 656 g/mol. The molecule has 218 valence electrons. The molecule has 0 atom stereocenters. The summed E-state index contributed by atoms with van der Waals surface area (Å²) >= 11 is 9.80. The van der Waals surface area contributed by atoms with Crippen molar-refractivity contribution in [1.82, 2.24) is 0 Å². The molecule has 0 saturated heterocycles. The molecule has 0 aromatic carbocycles. The number of halogens is 4. The fraction of sp³-hybridized carbons (Fsp3) is 0.500. The van der Waals surface area contributed by atoms with Gasteiger partial charge in [0.25, 0.3) is 10.5 Å². The molecule has 38 heavy (non-hydrogen) atoms. The van der Waals surface area contributed by atoms with Gasteiger partial charge in [-0.15, -0.1) is 0 Å². The lowest BCUT2D eigenvalue weighted by molar-refractivity contribution is -0.163. The molecule has 0 bridgehead atoms. The van der Waals surface area contributed by atoms with Crippen LogP contribution in [0.3, 0.4) is 0 Å². The fourth-order valence-electron chi connectivity index (χ4n) is 1.16. The SMILES string of the molecule is O=C(Cl)COC(=O)COCC(=O)OCC(=O)Cl.O=C(O)COC(=O)COCC(=O)OCC(=O)O.O=S(Cl)Cl. The van der Waals surface area contributed by atoms with E-state index in [1.807, 2.05) is 0 Å². The average Bonchev–Trinajstić information content (AvgIpc) is 2.78. The van der Waals surface area contributed by atoms with Crippen LogP contribution in [-0.4, -0.2) is 114 Å². The molecule has 0 aromatic heterocycles. The van der Waals surface area contributed by atoms with Gasteiger partial charge in [-0.1, -0.05) is 0 Å². The van der Waals surface area contributed by atoms with E-state index in [1.165, 1.54) is 0 Å². The number of ether oxygens (including phenoxy) is 6. The van der Waals surface area contributed by atoms with Gasteiger partial charge in [0.05, 0.1) is 0 Å². The third-order valence-corrected chi connectivity index (χ3v) is 2.50. The molecule has 0 amide bonds. The van der Waals surface area contributed by atoms with Gasteiger partial charge in [-0.3, -0.25) is 9.59 Å². The standard InChI is InChI=1S/C8H8Cl2O7.C8H10O9.Cl2OS/c9-5(11)1-16-7(13)3-15-4-8(14)17-2-6(10)12;9-5(10)1-16-7(13)3-15-4-8(14)17-2-6(11)12;1-4(2)3/h1-4H2;1-4H2,(H,9,10)(H,11,12);. The smallest absolute Gasteiger partial charge is 0.341 e. The molecule has 22 heteroatoms. The normalized spacial score (nSPS) is 9.39. The van der Waals surface area contributed by atoms with Crippen LogP contribution in [0.4, 0.5) is 0 Å². The third kappa shape index (κ3) is 40.6. The van der Waals surface area contributed by atoms with E-state index in [-0.39, 0.29) is 0 Å². The summed E-state index contributed by atoms with van der Waals surface area (Å²) in [5, 5.41) is 14.6. The van der Waals surface area contributed by atoms with Crippen LogP contribution in [-0.2, 0) is 76.0 Å². The number of hydrogen-bond acceptors (Lipinski definition) is 15. The minimum Gasteiger partial charge on any atom is -0.479 e. The van der Waals surface area contributed by atoms with Gasteiger partial charge in [-0.2, -0.15) is 0 Å². The van der Waals surface area contributed by atoms with E-state index in [1.54, 1.807) is 0 Å². The number of rotatable bonds is 16. The van der Waals surface area contributed by atoms with E-state index >= 15 is 0 Å². The number of aliphatic carboxylic acids is 2. The zero-order chi connectivity index (χ0) is 30.1. The Balaban J connectivity index is -0.000000564. The Hall–Kier alpha value is -2.61. The number of carbonyl (C=O) groups excluding carboxylic acids is 6. The highest BCUT2D eigenvalue weighted by Crippen LogP contribution is 1.90. The maximum Gasteiger partial charge on any atom is 0.341 e. The Morgan fingerprint density at radius 1 is 0.500 bits per heavy atom. The van der Waals surface area contributed by atoms with E-state index in [4.69, 9.17) is 37.6 Å². The first-order valence-corrected chi connectivity index (χ1v) is 12.4. The lowest BCUT2D eigenvalue weighted by Crippen LogP contribution is -2.22. The van der Waals surface area contributed by atoms with Crippen LogP contribution in [0.15, 0.2) is 0 Å². The largest absolute Gasteiger partial charge is 0.479 e. The molecule has 0 aliphatic heterocycles. The Kier molecular flexibility index (Phi) is 27.3. The molecule has 0 aromatic rings. The maximum absolute atomic E-state index is 10.8. The van der Waals surface area contributed by atoms with Crippen LogP contribution in [0, 0.1) is 0 Å². The second-order valence-corrected chi connectivity index (χ2v) is 8.68. The zero-order valence-corrected chi connectivity index (χ0v) is 22.4. The lowest BCUT2D eigenvalue weighted by Gasteiger charge is -2.03.